The second-order valence-electron chi connectivity index (χ2n) is 5.57. The molecule has 2 aromatic heterocycles. The molecule has 0 saturated heterocycles. The van der Waals surface area contributed by atoms with Crippen LogP contribution in [0.15, 0.2) is 47.1 Å². The molecule has 0 radical (unpaired) electrons. The zero-order chi connectivity index (χ0) is 16.1. The largest absolute Gasteiger partial charge is 0.360 e. The second-order valence-corrected chi connectivity index (χ2v) is 7.77. The lowest BCUT2D eigenvalue weighted by molar-refractivity contribution is 0.687. The van der Waals surface area contributed by atoms with E-state index in [1.807, 2.05) is 41.2 Å². The van der Waals surface area contributed by atoms with E-state index >= 15 is 0 Å². The molecule has 0 aliphatic carbocycles. The molecular weight excluding hydrogens is 326 g/mol. The van der Waals surface area contributed by atoms with Gasteiger partial charge in [-0.05, 0) is 18.1 Å². The van der Waals surface area contributed by atoms with Crippen LogP contribution >= 0.6 is 23.1 Å². The topological polar surface area (TPSA) is 55.6 Å². The number of aromatic nitrogens is 4. The Kier molecular flexibility index (Phi) is 5.30. The highest BCUT2D eigenvalue weighted by Crippen LogP contribution is 2.28. The first-order valence-electron chi connectivity index (χ1n) is 7.50. The molecule has 0 saturated carbocycles. The molecule has 0 fully saturated rings. The van der Waals surface area contributed by atoms with E-state index in [0.29, 0.717) is 5.92 Å². The zero-order valence-electron chi connectivity index (χ0n) is 13.1. The van der Waals surface area contributed by atoms with Crippen LogP contribution in [0.3, 0.4) is 0 Å². The molecule has 23 heavy (non-hydrogen) atoms. The molecule has 0 amide bonds. The van der Waals surface area contributed by atoms with E-state index in [1.165, 1.54) is 5.56 Å². The summed E-state index contributed by atoms with van der Waals surface area (Å²) in [5.41, 5.74) is 2.24. The Labute approximate surface area is 144 Å². The van der Waals surface area contributed by atoms with Crippen molar-refractivity contribution in [2.45, 2.75) is 23.9 Å². The van der Waals surface area contributed by atoms with Gasteiger partial charge in [0.2, 0.25) is 5.13 Å². The molecule has 5 nitrogen and oxygen atoms in total. The fourth-order valence-electron chi connectivity index (χ4n) is 1.93. The van der Waals surface area contributed by atoms with Crippen molar-refractivity contribution < 1.29 is 0 Å². The van der Waals surface area contributed by atoms with Crippen molar-refractivity contribution in [3.8, 4) is 5.69 Å². The van der Waals surface area contributed by atoms with Gasteiger partial charge in [0.25, 0.3) is 0 Å². The van der Waals surface area contributed by atoms with Gasteiger partial charge < -0.3 is 5.32 Å². The molecule has 3 rings (SSSR count). The molecule has 0 unspecified atom stereocenters. The van der Waals surface area contributed by atoms with E-state index < -0.39 is 0 Å². The second kappa shape index (κ2) is 7.61. The lowest BCUT2D eigenvalue weighted by atomic mass is 10.2. The minimum Gasteiger partial charge on any atom is -0.360 e. The summed E-state index contributed by atoms with van der Waals surface area (Å²) in [4.78, 5) is 0. The van der Waals surface area contributed by atoms with E-state index in [9.17, 15) is 0 Å². The average Bonchev–Trinajstić information content (AvgIpc) is 3.21. The molecule has 0 spiro atoms. The molecule has 1 N–H and O–H groups in total. The van der Waals surface area contributed by atoms with E-state index in [2.05, 4.69) is 40.7 Å². The minimum absolute atomic E-state index is 0.596. The molecule has 0 atom stereocenters. The minimum atomic E-state index is 0.596. The quantitative estimate of drug-likeness (QED) is 0.654. The van der Waals surface area contributed by atoms with Gasteiger partial charge in [0.15, 0.2) is 4.34 Å². The van der Waals surface area contributed by atoms with Crippen molar-refractivity contribution in [2.24, 2.45) is 5.92 Å². The maximum atomic E-state index is 4.41. The number of hydrogen-bond donors (Lipinski definition) is 1. The third-order valence-electron chi connectivity index (χ3n) is 3.09. The maximum absolute atomic E-state index is 4.41. The van der Waals surface area contributed by atoms with Gasteiger partial charge in [-0.15, -0.1) is 10.2 Å². The van der Waals surface area contributed by atoms with E-state index in [-0.39, 0.29) is 0 Å². The number of thioether (sulfide) groups is 1. The van der Waals surface area contributed by atoms with E-state index in [0.717, 1.165) is 27.5 Å². The van der Waals surface area contributed by atoms with Crippen LogP contribution in [0.1, 0.15) is 19.4 Å². The molecule has 7 heteroatoms. The molecule has 3 aromatic rings. The Morgan fingerprint density at radius 3 is 2.83 bits per heavy atom. The third-order valence-corrected chi connectivity index (χ3v) is 5.17. The zero-order valence-corrected chi connectivity index (χ0v) is 14.8. The Balaban J connectivity index is 1.56. The summed E-state index contributed by atoms with van der Waals surface area (Å²) in [6, 6.07) is 10.1. The molecule has 0 aliphatic rings. The predicted molar refractivity (Wildman–Crippen MR) is 96.4 cm³/mol. The van der Waals surface area contributed by atoms with Crippen LogP contribution in [0.25, 0.3) is 5.69 Å². The summed E-state index contributed by atoms with van der Waals surface area (Å²) in [6.07, 6.45) is 3.96. The normalized spacial score (nSPS) is 11.1. The average molecular weight is 345 g/mol. The van der Waals surface area contributed by atoms with Gasteiger partial charge in [0.1, 0.15) is 0 Å². The number of rotatable bonds is 7. The monoisotopic (exact) mass is 345 g/mol. The summed E-state index contributed by atoms with van der Waals surface area (Å²) < 4.78 is 2.87. The number of anilines is 1. The van der Waals surface area contributed by atoms with Crippen LogP contribution in [0, 0.1) is 5.92 Å². The van der Waals surface area contributed by atoms with Crippen LogP contribution in [-0.4, -0.2) is 26.5 Å². The predicted octanol–water partition coefficient (Wildman–Crippen LogP) is 4.08. The van der Waals surface area contributed by atoms with Gasteiger partial charge in [-0.3, -0.25) is 0 Å². The first-order valence-corrected chi connectivity index (χ1v) is 9.30. The van der Waals surface area contributed by atoms with Gasteiger partial charge in [-0.25, -0.2) is 4.68 Å². The lowest BCUT2D eigenvalue weighted by Gasteiger charge is -2.03. The van der Waals surface area contributed by atoms with Crippen LogP contribution in [0.2, 0.25) is 0 Å². The van der Waals surface area contributed by atoms with Crippen molar-refractivity contribution in [2.75, 3.05) is 11.9 Å². The van der Waals surface area contributed by atoms with Gasteiger partial charge in [-0.1, -0.05) is 55.1 Å². The Hall–Kier alpha value is -1.86. The number of nitrogens with zero attached hydrogens (tertiary/aromatic N) is 4. The standard InChI is InChI=1S/C16H19N5S2/c1-12(2)8-17-15-19-20-16(23-15)22-11-13-9-18-21(10-13)14-6-4-3-5-7-14/h3-7,9-10,12H,8,11H2,1-2H3,(H,17,19). The van der Waals surface area contributed by atoms with Gasteiger partial charge in [0.05, 0.1) is 11.9 Å². The summed E-state index contributed by atoms with van der Waals surface area (Å²) >= 11 is 3.29. The Morgan fingerprint density at radius 2 is 2.04 bits per heavy atom. The molecular formula is C16H19N5S2. The van der Waals surface area contributed by atoms with Crippen LogP contribution in [0.5, 0.6) is 0 Å². The fraction of sp³-hybridized carbons (Fsp3) is 0.312. The SMILES string of the molecule is CC(C)CNc1nnc(SCc2cnn(-c3ccccc3)c2)s1. The number of nitrogens with one attached hydrogen (secondary N) is 1. The van der Waals surface area contributed by atoms with Crippen molar-refractivity contribution in [3.05, 3.63) is 48.3 Å². The number of hydrogen-bond acceptors (Lipinski definition) is 6. The summed E-state index contributed by atoms with van der Waals surface area (Å²) in [6.45, 7) is 5.27. The maximum Gasteiger partial charge on any atom is 0.206 e. The molecule has 1 aromatic carbocycles. The van der Waals surface area contributed by atoms with Crippen molar-refractivity contribution in [1.29, 1.82) is 0 Å². The van der Waals surface area contributed by atoms with Crippen LogP contribution < -0.4 is 5.32 Å². The van der Waals surface area contributed by atoms with E-state index in [4.69, 9.17) is 0 Å². The Morgan fingerprint density at radius 1 is 1.22 bits per heavy atom. The number of para-hydroxylation sites is 1. The van der Waals surface area contributed by atoms with Crippen LogP contribution in [-0.2, 0) is 5.75 Å². The van der Waals surface area contributed by atoms with Crippen LogP contribution in [0.4, 0.5) is 5.13 Å². The molecule has 0 aliphatic heterocycles. The first-order chi connectivity index (χ1) is 11.2. The van der Waals surface area contributed by atoms with Gasteiger partial charge in [0, 0.05) is 24.1 Å². The molecule has 120 valence electrons. The summed E-state index contributed by atoms with van der Waals surface area (Å²) in [7, 11) is 0. The fourth-order valence-corrected chi connectivity index (χ4v) is 3.60. The summed E-state index contributed by atoms with van der Waals surface area (Å²) in [5, 5.41) is 17.0. The highest BCUT2D eigenvalue weighted by atomic mass is 32.2. The molecule has 0 bridgehead atoms. The van der Waals surface area contributed by atoms with E-state index in [1.54, 1.807) is 23.1 Å². The summed E-state index contributed by atoms with van der Waals surface area (Å²) in [5.74, 6) is 1.44. The van der Waals surface area contributed by atoms with Crippen molar-refractivity contribution >= 4 is 28.2 Å². The number of benzene rings is 1. The Bertz CT molecular complexity index is 736. The highest BCUT2D eigenvalue weighted by molar-refractivity contribution is 8.00. The molecule has 2 heterocycles. The van der Waals surface area contributed by atoms with Crippen molar-refractivity contribution in [1.82, 2.24) is 20.0 Å². The first kappa shape index (κ1) is 16.0. The highest BCUT2D eigenvalue weighted by Gasteiger charge is 2.07. The smallest absolute Gasteiger partial charge is 0.206 e. The van der Waals surface area contributed by atoms with Gasteiger partial charge >= 0.3 is 0 Å². The third kappa shape index (κ3) is 4.56. The van der Waals surface area contributed by atoms with Gasteiger partial charge in [-0.2, -0.15) is 5.10 Å². The van der Waals surface area contributed by atoms with Crippen molar-refractivity contribution in [3.63, 3.8) is 0 Å². The lowest BCUT2D eigenvalue weighted by Crippen LogP contribution is -2.07.